The van der Waals surface area contributed by atoms with Crippen LogP contribution in [0.25, 0.3) is 11.1 Å². The molecule has 1 fully saturated rings. The first-order chi connectivity index (χ1) is 24.3. The predicted octanol–water partition coefficient (Wildman–Crippen LogP) is 7.16. The van der Waals surface area contributed by atoms with Gasteiger partial charge in [-0.1, -0.05) is 97.4 Å². The number of likely N-dealkylation sites (N-methyl/N-ethyl adjacent to an activating group) is 1. The molecule has 4 N–H and O–H groups in total. The molecule has 0 aromatic heterocycles. The Labute approximate surface area is 295 Å². The number of nitrogens with zero attached hydrogens (tertiary/aromatic N) is 1. The zero-order chi connectivity index (χ0) is 35.3. The third-order valence-electron chi connectivity index (χ3n) is 9.39. The largest absolute Gasteiger partial charge is 0.392 e. The molecular formula is C41H49N3O6. The van der Waals surface area contributed by atoms with Crippen LogP contribution in [0, 0.1) is 0 Å². The van der Waals surface area contributed by atoms with Crippen molar-refractivity contribution in [2.75, 3.05) is 13.6 Å². The Bertz CT molecular complexity index is 1660. The van der Waals surface area contributed by atoms with E-state index in [4.69, 9.17) is 14.7 Å². The van der Waals surface area contributed by atoms with Crippen molar-refractivity contribution in [3.05, 3.63) is 131 Å². The molecule has 4 aromatic rings. The van der Waals surface area contributed by atoms with Crippen molar-refractivity contribution in [1.29, 1.82) is 0 Å². The normalized spacial score (nSPS) is 18.1. The van der Waals surface area contributed by atoms with Gasteiger partial charge in [0.1, 0.15) is 0 Å². The van der Waals surface area contributed by atoms with Gasteiger partial charge in [0.2, 0.25) is 11.8 Å². The Hall–Kier alpha value is -4.38. The summed E-state index contributed by atoms with van der Waals surface area (Å²) in [5.74, 6) is -0.441. The number of hydrogen-bond acceptors (Lipinski definition) is 7. The molecule has 0 spiro atoms. The fourth-order valence-electron chi connectivity index (χ4n) is 6.32. The van der Waals surface area contributed by atoms with Crippen LogP contribution >= 0.6 is 0 Å². The smallest absolute Gasteiger partial charge is 0.243 e. The first kappa shape index (κ1) is 36.9. The van der Waals surface area contributed by atoms with Crippen LogP contribution in [0.5, 0.6) is 0 Å². The van der Waals surface area contributed by atoms with Gasteiger partial charge in [-0.3, -0.25) is 19.7 Å². The van der Waals surface area contributed by atoms with Crippen LogP contribution in [0.1, 0.15) is 91.7 Å². The number of aliphatic hydroxyl groups is 1. The van der Waals surface area contributed by atoms with Gasteiger partial charge >= 0.3 is 0 Å². The summed E-state index contributed by atoms with van der Waals surface area (Å²) >= 11 is 0. The Balaban J connectivity index is 1.26. The molecule has 264 valence electrons. The van der Waals surface area contributed by atoms with E-state index in [1.165, 1.54) is 5.56 Å². The van der Waals surface area contributed by atoms with E-state index in [1.807, 2.05) is 54.6 Å². The summed E-state index contributed by atoms with van der Waals surface area (Å²) in [6.07, 6.45) is 2.55. The Kier molecular flexibility index (Phi) is 13.7. The van der Waals surface area contributed by atoms with Crippen molar-refractivity contribution < 1.29 is 29.4 Å². The first-order valence-corrected chi connectivity index (χ1v) is 17.5. The van der Waals surface area contributed by atoms with Crippen LogP contribution in [0.4, 0.5) is 0 Å². The van der Waals surface area contributed by atoms with Gasteiger partial charge in [0.05, 0.1) is 18.8 Å². The second kappa shape index (κ2) is 18.6. The highest BCUT2D eigenvalue weighted by Crippen LogP contribution is 2.39. The van der Waals surface area contributed by atoms with Gasteiger partial charge in [-0.25, -0.2) is 5.48 Å². The van der Waals surface area contributed by atoms with E-state index in [9.17, 15) is 14.7 Å². The van der Waals surface area contributed by atoms with Gasteiger partial charge in [-0.2, -0.15) is 0 Å². The maximum atomic E-state index is 12.4. The van der Waals surface area contributed by atoms with E-state index in [-0.39, 0.29) is 37.2 Å². The fraction of sp³-hybridized carbons (Fsp3) is 0.366. The molecular weight excluding hydrogens is 630 g/mol. The van der Waals surface area contributed by atoms with E-state index in [0.717, 1.165) is 46.3 Å². The average Bonchev–Trinajstić information content (AvgIpc) is 3.17. The number of carbonyl (C=O) groups excluding carboxylic acids is 2. The van der Waals surface area contributed by atoms with Crippen LogP contribution in [-0.2, 0) is 32.2 Å². The molecule has 50 heavy (non-hydrogen) atoms. The molecule has 0 radical (unpaired) electrons. The molecule has 1 aliphatic heterocycles. The molecule has 2 amide bonds. The predicted molar refractivity (Wildman–Crippen MR) is 193 cm³/mol. The van der Waals surface area contributed by atoms with Crippen molar-refractivity contribution in [1.82, 2.24) is 15.7 Å². The molecule has 4 atom stereocenters. The molecule has 9 nitrogen and oxygen atoms in total. The molecule has 4 aromatic carbocycles. The highest BCUT2D eigenvalue weighted by molar-refractivity contribution is 5.76. The summed E-state index contributed by atoms with van der Waals surface area (Å²) < 4.78 is 13.3. The minimum absolute atomic E-state index is 0.00224. The standard InChI is InChI=1S/C41H49N3O6/c1-29(32-12-5-3-6-13-32)44(2)27-37-25-38(33-21-19-30(28-45)20-22-33)50-41(49-37)36-16-10-15-35(24-36)34-14-9-11-31(23-34)26-42-39(46)17-7-4-8-18-40(47)43-48/h3,5-6,9-16,19-24,29,37-38,41,45,48H,4,7-8,17-18,25-28H2,1-2H3,(H,42,46)(H,43,47)/t29-,37-,38+,41+/m0/s1. The van der Waals surface area contributed by atoms with E-state index >= 15 is 0 Å². The maximum Gasteiger partial charge on any atom is 0.243 e. The zero-order valence-corrected chi connectivity index (χ0v) is 29.0. The highest BCUT2D eigenvalue weighted by atomic mass is 16.7. The van der Waals surface area contributed by atoms with Crippen LogP contribution < -0.4 is 10.8 Å². The molecule has 9 heteroatoms. The number of nitrogens with one attached hydrogen (secondary N) is 2. The fourth-order valence-corrected chi connectivity index (χ4v) is 6.32. The monoisotopic (exact) mass is 679 g/mol. The molecule has 5 rings (SSSR count). The second-order valence-corrected chi connectivity index (χ2v) is 13.1. The highest BCUT2D eigenvalue weighted by Gasteiger charge is 2.33. The number of aliphatic hydroxyl groups excluding tert-OH is 1. The lowest BCUT2D eigenvalue weighted by atomic mass is 9.98. The minimum Gasteiger partial charge on any atom is -0.392 e. The number of benzene rings is 4. The number of carbonyl (C=O) groups is 2. The number of rotatable bonds is 16. The molecule has 1 heterocycles. The summed E-state index contributed by atoms with van der Waals surface area (Å²) in [5.41, 5.74) is 8.78. The lowest BCUT2D eigenvalue weighted by Gasteiger charge is -2.39. The molecule has 1 aliphatic rings. The molecule has 0 unspecified atom stereocenters. The van der Waals surface area contributed by atoms with Gasteiger partial charge in [0.15, 0.2) is 6.29 Å². The van der Waals surface area contributed by atoms with Crippen LogP contribution in [0.2, 0.25) is 0 Å². The van der Waals surface area contributed by atoms with Crippen molar-refractivity contribution >= 4 is 11.8 Å². The summed E-state index contributed by atoms with van der Waals surface area (Å²) in [5, 5.41) is 21.2. The summed E-state index contributed by atoms with van der Waals surface area (Å²) in [4.78, 5) is 25.9. The average molecular weight is 680 g/mol. The van der Waals surface area contributed by atoms with Crippen molar-refractivity contribution in [2.45, 2.75) is 83.1 Å². The molecule has 0 aliphatic carbocycles. The number of hydroxylamine groups is 1. The van der Waals surface area contributed by atoms with Crippen molar-refractivity contribution in [3.63, 3.8) is 0 Å². The van der Waals surface area contributed by atoms with Gasteiger partial charge < -0.3 is 19.9 Å². The van der Waals surface area contributed by atoms with E-state index in [1.54, 1.807) is 5.48 Å². The topological polar surface area (TPSA) is 120 Å². The van der Waals surface area contributed by atoms with Crippen LogP contribution in [0.15, 0.2) is 103 Å². The lowest BCUT2D eigenvalue weighted by Crippen LogP contribution is -2.38. The second-order valence-electron chi connectivity index (χ2n) is 13.1. The van der Waals surface area contributed by atoms with Crippen molar-refractivity contribution in [3.8, 4) is 11.1 Å². The van der Waals surface area contributed by atoms with Gasteiger partial charge in [0.25, 0.3) is 0 Å². The number of amides is 2. The summed E-state index contributed by atoms with van der Waals surface area (Å²) in [6, 6.07) is 35.0. The van der Waals surface area contributed by atoms with Gasteiger partial charge in [-0.15, -0.1) is 0 Å². The summed E-state index contributed by atoms with van der Waals surface area (Å²) in [7, 11) is 2.13. The maximum absolute atomic E-state index is 12.4. The quantitative estimate of drug-likeness (QED) is 0.0564. The Morgan fingerprint density at radius 1 is 0.800 bits per heavy atom. The first-order valence-electron chi connectivity index (χ1n) is 17.5. The van der Waals surface area contributed by atoms with Gasteiger partial charge in [0, 0.05) is 44.0 Å². The van der Waals surface area contributed by atoms with E-state index in [2.05, 4.69) is 72.7 Å². The lowest BCUT2D eigenvalue weighted by molar-refractivity contribution is -0.253. The van der Waals surface area contributed by atoms with Crippen molar-refractivity contribution in [2.24, 2.45) is 0 Å². The van der Waals surface area contributed by atoms with Crippen LogP contribution in [0.3, 0.4) is 0 Å². The summed E-state index contributed by atoms with van der Waals surface area (Å²) in [6.45, 7) is 3.36. The minimum atomic E-state index is -0.572. The SMILES string of the molecule is C[C@@H](c1ccccc1)N(C)C[C@@H]1C[C@H](c2ccc(CO)cc2)O[C@H](c2cccc(-c3cccc(CNC(=O)CCCCCC(=O)NO)c3)c2)O1. The van der Waals surface area contributed by atoms with E-state index in [0.29, 0.717) is 32.2 Å². The number of unbranched alkanes of at least 4 members (excludes halogenated alkanes) is 2. The number of hydrogen-bond donors (Lipinski definition) is 4. The third kappa shape index (κ3) is 10.6. The molecule has 1 saturated heterocycles. The number of ether oxygens (including phenoxy) is 2. The van der Waals surface area contributed by atoms with Crippen LogP contribution in [-0.4, -0.2) is 46.7 Å². The Morgan fingerprint density at radius 2 is 1.50 bits per heavy atom. The zero-order valence-electron chi connectivity index (χ0n) is 29.0. The molecule has 0 saturated carbocycles. The van der Waals surface area contributed by atoms with E-state index < -0.39 is 12.2 Å². The molecule has 0 bridgehead atoms. The Morgan fingerprint density at radius 3 is 2.22 bits per heavy atom. The third-order valence-corrected chi connectivity index (χ3v) is 9.39. The van der Waals surface area contributed by atoms with Gasteiger partial charge in [-0.05, 0) is 72.3 Å².